The van der Waals surface area contributed by atoms with Gasteiger partial charge in [0, 0.05) is 19.6 Å². The fourth-order valence-corrected chi connectivity index (χ4v) is 8.13. The van der Waals surface area contributed by atoms with Gasteiger partial charge in [-0.25, -0.2) is 0 Å². The Morgan fingerprint density at radius 2 is 0.971 bits per heavy atom. The van der Waals surface area contributed by atoms with Gasteiger partial charge in [-0.05, 0) is 188 Å². The molecule has 3 aromatic carbocycles. The van der Waals surface area contributed by atoms with Crippen LogP contribution in [0.25, 0.3) is 17.2 Å². The second-order valence-electron chi connectivity index (χ2n) is 20.6. The summed E-state index contributed by atoms with van der Waals surface area (Å²) in [5.74, 6) is -1.75. The van der Waals surface area contributed by atoms with Gasteiger partial charge in [0.1, 0.15) is 16.0 Å². The summed E-state index contributed by atoms with van der Waals surface area (Å²) in [5.41, 5.74) is 13.5. The summed E-state index contributed by atoms with van der Waals surface area (Å²) < 4.78 is 10.6. The van der Waals surface area contributed by atoms with Gasteiger partial charge in [0.05, 0.1) is 17.2 Å². The van der Waals surface area contributed by atoms with Gasteiger partial charge in [-0.1, -0.05) is 112 Å². The summed E-state index contributed by atoms with van der Waals surface area (Å²) in [6.45, 7) is 19.9. The molecule has 0 spiro atoms. The summed E-state index contributed by atoms with van der Waals surface area (Å²) in [4.78, 5) is 41.1. The first-order valence-electron chi connectivity index (χ1n) is 24.0. The maximum atomic E-state index is 12.6. The molecule has 6 rings (SSSR count). The summed E-state index contributed by atoms with van der Waals surface area (Å²) in [6, 6.07) is 25.3. The normalized spacial score (nSPS) is 14.9. The van der Waals surface area contributed by atoms with Crippen LogP contribution in [0.15, 0.2) is 89.5 Å². The minimum atomic E-state index is -0.742. The number of rotatable bonds is 14. The monoisotopic (exact) mass is 1050 g/mol. The molecular weight excluding hydrogens is 973 g/mol. The molecule has 3 atom stereocenters. The van der Waals surface area contributed by atoms with E-state index in [1.165, 1.54) is 51.0 Å². The lowest BCUT2D eigenvalue weighted by molar-refractivity contribution is -0.157. The number of nitrogens with zero attached hydrogens (tertiary/aromatic N) is 3. The van der Waals surface area contributed by atoms with Crippen molar-refractivity contribution >= 4 is 74.3 Å². The van der Waals surface area contributed by atoms with Crippen LogP contribution in [0.1, 0.15) is 115 Å². The van der Waals surface area contributed by atoms with Crippen LogP contribution in [0.3, 0.4) is 0 Å². The lowest BCUT2D eigenvalue weighted by Gasteiger charge is -2.24. The Morgan fingerprint density at radius 3 is 1.35 bits per heavy atom. The lowest BCUT2D eigenvalue weighted by atomic mass is 9.92. The number of fused-ring (bicyclic) bond motifs is 3. The van der Waals surface area contributed by atoms with Crippen molar-refractivity contribution in [1.82, 2.24) is 14.7 Å². The molecule has 0 heterocycles. The van der Waals surface area contributed by atoms with Crippen LogP contribution in [0.5, 0.6) is 0 Å². The van der Waals surface area contributed by atoms with E-state index in [1.54, 1.807) is 19.4 Å². The molecule has 0 bridgehead atoms. The molecule has 382 valence electrons. The van der Waals surface area contributed by atoms with E-state index >= 15 is 0 Å². The van der Waals surface area contributed by atoms with Crippen LogP contribution < -0.4 is 0 Å². The zero-order chi connectivity index (χ0) is 52.2. The van der Waals surface area contributed by atoms with Crippen molar-refractivity contribution in [2.45, 2.75) is 117 Å². The molecule has 3 aliphatic rings. The molecule has 1 N–H and O–H groups in total. The number of hydrogen-bond acceptors (Lipinski definition) is 8. The summed E-state index contributed by atoms with van der Waals surface area (Å²) >= 11 is 12.6. The third kappa shape index (κ3) is 22.0. The van der Waals surface area contributed by atoms with Crippen LogP contribution in [0.4, 0.5) is 0 Å². The highest BCUT2D eigenvalue weighted by atomic mass is 79.9. The predicted molar refractivity (Wildman–Crippen MR) is 294 cm³/mol. The van der Waals surface area contributed by atoms with E-state index in [0.29, 0.717) is 0 Å². The van der Waals surface area contributed by atoms with Crippen LogP contribution in [0, 0.1) is 11.8 Å². The maximum absolute atomic E-state index is 12.6. The van der Waals surface area contributed by atoms with Crippen LogP contribution >= 0.6 is 39.1 Å². The highest BCUT2D eigenvalue weighted by molar-refractivity contribution is 9.10. The van der Waals surface area contributed by atoms with Gasteiger partial charge in [-0.3, -0.25) is 14.4 Å². The molecule has 0 aliphatic heterocycles. The number of carbonyl (C=O) groups excluding carboxylic acids is 2. The number of halogens is 3. The molecule has 3 unspecified atom stereocenters. The molecule has 0 radical (unpaired) electrons. The number of esters is 2. The van der Waals surface area contributed by atoms with E-state index in [2.05, 4.69) is 119 Å². The average molecular weight is 1060 g/mol. The number of carboxylic acid groups (broad SMARTS) is 1. The Morgan fingerprint density at radius 1 is 0.594 bits per heavy atom. The number of carbonyl (C=O) groups is 3. The molecule has 12 heteroatoms. The Labute approximate surface area is 434 Å². The van der Waals surface area contributed by atoms with Gasteiger partial charge >= 0.3 is 17.9 Å². The molecule has 0 saturated carbocycles. The highest BCUT2D eigenvalue weighted by Crippen LogP contribution is 2.41. The quantitative estimate of drug-likeness (QED) is 0.125. The average Bonchev–Trinajstić information content (AvgIpc) is 3.96. The first-order valence-corrected chi connectivity index (χ1v) is 25.9. The largest absolute Gasteiger partial charge is 0.481 e. The van der Waals surface area contributed by atoms with Crippen molar-refractivity contribution in [1.29, 1.82) is 0 Å². The number of alkyl halides is 3. The molecule has 0 saturated heterocycles. The van der Waals surface area contributed by atoms with E-state index in [1.807, 2.05) is 80.8 Å². The smallest absolute Gasteiger partial charge is 0.319 e. The van der Waals surface area contributed by atoms with Crippen LogP contribution in [0.2, 0.25) is 0 Å². The van der Waals surface area contributed by atoms with Gasteiger partial charge in [0.15, 0.2) is 0 Å². The fraction of sp³-hybridized carbons (Fsp3) is 0.526. The number of carboxylic acids is 1. The Balaban J connectivity index is 0.000000321. The van der Waals surface area contributed by atoms with Crippen molar-refractivity contribution in [2.24, 2.45) is 11.8 Å². The van der Waals surface area contributed by atoms with Crippen molar-refractivity contribution in [3.63, 3.8) is 0 Å². The molecule has 0 amide bonds. The van der Waals surface area contributed by atoms with Crippen molar-refractivity contribution in [3.05, 3.63) is 123 Å². The highest BCUT2D eigenvalue weighted by Gasteiger charge is 2.32. The van der Waals surface area contributed by atoms with E-state index in [-0.39, 0.29) is 33.6 Å². The van der Waals surface area contributed by atoms with Gasteiger partial charge in [-0.2, -0.15) is 0 Å². The maximum Gasteiger partial charge on any atom is 0.319 e. The minimum absolute atomic E-state index is 0.133. The van der Waals surface area contributed by atoms with Gasteiger partial charge in [0.2, 0.25) is 0 Å². The van der Waals surface area contributed by atoms with E-state index in [4.69, 9.17) is 32.7 Å². The number of benzene rings is 3. The standard InChI is InChI=1S/C20H29NO2.C16H21NO2.C13H17N.C7H13BrO2.CH2Cl2/c1-14(19(22)23-20(2,3)4)18-16(11-12-21(5)6)13-15-9-7-8-10-17(15)18;1-11(16(18)19)15-13(8-9-17(2)3)10-12-6-4-5-7-14(12)15;1-14(2)8-7-11-9-12-5-3-4-6-13(12)10-11;1-5(8)6(9)10-7(2,3)4;2-1-3/h7-10,14H,11-13H2,1-6H3;4-7,11H,8-10H2,1-3H3,(H,18,19);3-6,9H,7-8,10H2,1-2H3;5H,1-4H3;1H2. The summed E-state index contributed by atoms with van der Waals surface area (Å²) in [6.07, 6.45) is 8.48. The fourth-order valence-electron chi connectivity index (χ4n) is 8.04. The molecular formula is C57H82BrCl2N3O6. The molecule has 3 aliphatic carbocycles. The Bertz CT molecular complexity index is 2220. The predicted octanol–water partition coefficient (Wildman–Crippen LogP) is 12.7. The zero-order valence-corrected chi connectivity index (χ0v) is 47.4. The van der Waals surface area contributed by atoms with E-state index in [0.717, 1.165) is 62.9 Å². The van der Waals surface area contributed by atoms with Gasteiger partial charge in [0.25, 0.3) is 0 Å². The van der Waals surface area contributed by atoms with Crippen molar-refractivity contribution in [2.75, 3.05) is 67.3 Å². The first kappa shape index (κ1) is 61.3. The molecule has 9 nitrogen and oxygen atoms in total. The van der Waals surface area contributed by atoms with Crippen LogP contribution in [-0.4, -0.2) is 121 Å². The van der Waals surface area contributed by atoms with E-state index < -0.39 is 17.5 Å². The minimum Gasteiger partial charge on any atom is -0.481 e. The van der Waals surface area contributed by atoms with Crippen molar-refractivity contribution < 1.29 is 29.0 Å². The molecule has 0 aromatic heterocycles. The molecule has 69 heavy (non-hydrogen) atoms. The second kappa shape index (κ2) is 29.5. The third-order valence-corrected chi connectivity index (χ3v) is 11.7. The molecule has 0 fully saturated rings. The van der Waals surface area contributed by atoms with Crippen molar-refractivity contribution in [3.8, 4) is 0 Å². The topological polar surface area (TPSA) is 99.6 Å². The Kier molecular flexibility index (Phi) is 26.3. The molecule has 3 aromatic rings. The number of ether oxygens (including phenoxy) is 2. The first-order chi connectivity index (χ1) is 32.2. The van der Waals surface area contributed by atoms with E-state index in [9.17, 15) is 19.5 Å². The third-order valence-electron chi connectivity index (χ3n) is 11.3. The lowest BCUT2D eigenvalue weighted by Crippen LogP contribution is -2.28. The zero-order valence-electron chi connectivity index (χ0n) is 44.3. The van der Waals surface area contributed by atoms with Gasteiger partial charge < -0.3 is 29.3 Å². The SMILES string of the molecule is CC(Br)C(=O)OC(C)(C)C.CC(C(=O)O)C1=C(CCN(C)C)Cc2ccccc21.CC(C(=O)OC(C)(C)C)C1=C(CCN(C)C)Cc2ccccc21.CN(C)CCC1=Cc2ccccc2C1.ClCCl. The van der Waals surface area contributed by atoms with Gasteiger partial charge in [-0.15, -0.1) is 23.2 Å². The number of aliphatic carboxylic acids is 1. The summed E-state index contributed by atoms with van der Waals surface area (Å²) in [5, 5.41) is 9.51. The summed E-state index contributed by atoms with van der Waals surface area (Å²) in [7, 11) is 12.5. The second-order valence-corrected chi connectivity index (χ2v) is 22.8. The number of hydrogen-bond donors (Lipinski definition) is 1. The van der Waals surface area contributed by atoms with Crippen LogP contribution in [-0.2, 0) is 43.1 Å². The Hall–Kier alpha value is -3.77.